The van der Waals surface area contributed by atoms with Gasteiger partial charge in [-0.25, -0.2) is 4.79 Å². The average Bonchev–Trinajstić information content (AvgIpc) is 2.74. The van der Waals surface area contributed by atoms with E-state index in [1.165, 1.54) is 13.2 Å². The van der Waals surface area contributed by atoms with Crippen LogP contribution in [0.1, 0.15) is 21.7 Å². The predicted molar refractivity (Wildman–Crippen MR) is 74.5 cm³/mol. The van der Waals surface area contributed by atoms with Gasteiger partial charge in [-0.1, -0.05) is 0 Å². The van der Waals surface area contributed by atoms with Crippen LogP contribution in [0.15, 0.2) is 24.3 Å². The van der Waals surface area contributed by atoms with Gasteiger partial charge in [0.05, 0.1) is 18.5 Å². The molecule has 0 aliphatic rings. The van der Waals surface area contributed by atoms with Gasteiger partial charge in [0, 0.05) is 12.7 Å². The monoisotopic (exact) mass is 275 g/mol. The second-order valence-corrected chi connectivity index (χ2v) is 4.44. The number of benzene rings is 1. The van der Waals surface area contributed by atoms with Gasteiger partial charge in [0.2, 0.25) is 0 Å². The number of esters is 1. The molecule has 0 amide bonds. The molecule has 0 fully saturated rings. The smallest absolute Gasteiger partial charge is 0.341 e. The van der Waals surface area contributed by atoms with E-state index in [0.29, 0.717) is 23.6 Å². The van der Waals surface area contributed by atoms with E-state index in [9.17, 15) is 4.79 Å². The van der Waals surface area contributed by atoms with Gasteiger partial charge in [-0.2, -0.15) is 5.10 Å². The van der Waals surface area contributed by atoms with Crippen LogP contribution in [0.25, 0.3) is 0 Å². The van der Waals surface area contributed by atoms with Crippen LogP contribution in [-0.2, 0) is 18.4 Å². The van der Waals surface area contributed by atoms with Gasteiger partial charge in [-0.3, -0.25) is 4.68 Å². The first-order valence-corrected chi connectivity index (χ1v) is 6.11. The van der Waals surface area contributed by atoms with Crippen molar-refractivity contribution in [2.45, 2.75) is 13.5 Å². The number of carbonyl (C=O) groups excluding carboxylic acids is 1. The summed E-state index contributed by atoms with van der Waals surface area (Å²) in [6.07, 6.45) is 0. The highest BCUT2D eigenvalue weighted by molar-refractivity contribution is 5.93. The second kappa shape index (κ2) is 5.64. The van der Waals surface area contributed by atoms with Crippen molar-refractivity contribution >= 4 is 11.7 Å². The fraction of sp³-hybridized carbons (Fsp3) is 0.286. The molecule has 1 aromatic heterocycles. The normalized spacial score (nSPS) is 10.3. The first-order valence-electron chi connectivity index (χ1n) is 6.11. The lowest BCUT2D eigenvalue weighted by Crippen LogP contribution is -2.08. The number of hydrogen-bond acceptors (Lipinski definition) is 5. The number of hydrogen-bond donors (Lipinski definition) is 1. The zero-order chi connectivity index (χ0) is 14.7. The quantitative estimate of drug-likeness (QED) is 0.678. The molecule has 106 valence electrons. The van der Waals surface area contributed by atoms with E-state index in [1.54, 1.807) is 16.8 Å². The summed E-state index contributed by atoms with van der Waals surface area (Å²) in [5, 5.41) is 4.24. The van der Waals surface area contributed by atoms with Crippen molar-refractivity contribution in [3.63, 3.8) is 0 Å². The van der Waals surface area contributed by atoms with Crippen molar-refractivity contribution in [2.75, 3.05) is 12.8 Å². The number of nitrogens with zero attached hydrogens (tertiary/aromatic N) is 2. The molecule has 2 rings (SSSR count). The first-order chi connectivity index (χ1) is 9.51. The van der Waals surface area contributed by atoms with E-state index in [2.05, 4.69) is 5.10 Å². The maximum absolute atomic E-state index is 11.7. The zero-order valence-electron chi connectivity index (χ0n) is 11.7. The molecule has 0 aliphatic carbocycles. The Morgan fingerprint density at radius 1 is 1.40 bits per heavy atom. The predicted octanol–water partition coefficient (Wildman–Crippen LogP) is 1.68. The van der Waals surface area contributed by atoms with Gasteiger partial charge in [0.1, 0.15) is 17.9 Å². The summed E-state index contributed by atoms with van der Waals surface area (Å²) in [5.74, 6) is -0.0432. The molecular weight excluding hydrogens is 258 g/mol. The minimum absolute atomic E-state index is 0.311. The van der Waals surface area contributed by atoms with Crippen LogP contribution in [0.5, 0.6) is 5.75 Å². The molecular formula is C14H17N3O3. The summed E-state index contributed by atoms with van der Waals surface area (Å²) in [4.78, 5) is 11.7. The number of aryl methyl sites for hydroxylation is 2. The highest BCUT2D eigenvalue weighted by atomic mass is 16.5. The van der Waals surface area contributed by atoms with E-state index < -0.39 is 5.97 Å². The molecule has 20 heavy (non-hydrogen) atoms. The lowest BCUT2D eigenvalue weighted by atomic mass is 10.2. The molecule has 0 spiro atoms. The highest BCUT2D eigenvalue weighted by Crippen LogP contribution is 2.23. The van der Waals surface area contributed by atoms with Crippen LogP contribution < -0.4 is 10.5 Å². The molecule has 0 atom stereocenters. The van der Waals surface area contributed by atoms with Crippen molar-refractivity contribution in [1.29, 1.82) is 0 Å². The van der Waals surface area contributed by atoms with Crippen molar-refractivity contribution in [3.05, 3.63) is 41.2 Å². The van der Waals surface area contributed by atoms with E-state index in [-0.39, 0.29) is 0 Å². The van der Waals surface area contributed by atoms with E-state index in [0.717, 1.165) is 11.4 Å². The number of anilines is 1. The maximum Gasteiger partial charge on any atom is 0.341 e. The molecule has 2 N–H and O–H groups in total. The second-order valence-electron chi connectivity index (χ2n) is 4.44. The number of nitrogen functional groups attached to an aromatic ring is 1. The molecule has 0 radical (unpaired) electrons. The number of rotatable bonds is 4. The number of carbonyl (C=O) groups is 1. The molecule has 6 nitrogen and oxygen atoms in total. The highest BCUT2D eigenvalue weighted by Gasteiger charge is 2.14. The van der Waals surface area contributed by atoms with Gasteiger partial charge in [-0.05, 0) is 31.2 Å². The fourth-order valence-corrected chi connectivity index (χ4v) is 1.89. The number of aromatic nitrogens is 2. The van der Waals surface area contributed by atoms with E-state index in [4.69, 9.17) is 15.2 Å². The molecule has 6 heteroatoms. The van der Waals surface area contributed by atoms with E-state index >= 15 is 0 Å². The third kappa shape index (κ3) is 2.90. The fourth-order valence-electron chi connectivity index (χ4n) is 1.89. The molecule has 2 aromatic rings. The number of ether oxygens (including phenoxy) is 2. The lowest BCUT2D eigenvalue weighted by molar-refractivity contribution is 0.0595. The van der Waals surface area contributed by atoms with Crippen LogP contribution in [0.4, 0.5) is 5.69 Å². The standard InChI is InChI=1S/C14H17N3O3/c1-9-6-11(17(2)16-9)8-20-13-5-4-10(15)7-12(13)14(18)19-3/h4-7H,8,15H2,1-3H3. The van der Waals surface area contributed by atoms with Gasteiger partial charge >= 0.3 is 5.97 Å². The number of nitrogens with two attached hydrogens (primary N) is 1. The largest absolute Gasteiger partial charge is 0.486 e. The average molecular weight is 275 g/mol. The SMILES string of the molecule is COC(=O)c1cc(N)ccc1OCc1cc(C)nn1C. The van der Waals surface area contributed by atoms with Crippen LogP contribution in [0, 0.1) is 6.92 Å². The Morgan fingerprint density at radius 3 is 2.75 bits per heavy atom. The number of methoxy groups -OCH3 is 1. The van der Waals surface area contributed by atoms with Crippen LogP contribution in [-0.4, -0.2) is 22.9 Å². The van der Waals surface area contributed by atoms with Gasteiger partial charge in [-0.15, -0.1) is 0 Å². The van der Waals surface area contributed by atoms with Crippen LogP contribution >= 0.6 is 0 Å². The summed E-state index contributed by atoms with van der Waals surface area (Å²) in [7, 11) is 3.16. The minimum Gasteiger partial charge on any atom is -0.486 e. The Hall–Kier alpha value is -2.50. The van der Waals surface area contributed by atoms with Crippen molar-refractivity contribution < 1.29 is 14.3 Å². The van der Waals surface area contributed by atoms with Gasteiger partial charge in [0.25, 0.3) is 0 Å². The van der Waals surface area contributed by atoms with Crippen LogP contribution in [0.2, 0.25) is 0 Å². The third-order valence-electron chi connectivity index (χ3n) is 2.88. The Morgan fingerprint density at radius 2 is 2.15 bits per heavy atom. The van der Waals surface area contributed by atoms with E-state index in [1.807, 2.05) is 20.0 Å². The van der Waals surface area contributed by atoms with Gasteiger partial charge in [0.15, 0.2) is 0 Å². The molecule has 1 heterocycles. The summed E-state index contributed by atoms with van der Waals surface area (Å²) < 4.78 is 12.1. The summed E-state index contributed by atoms with van der Waals surface area (Å²) in [5.41, 5.74) is 8.30. The lowest BCUT2D eigenvalue weighted by Gasteiger charge is -2.11. The molecule has 1 aromatic carbocycles. The Bertz CT molecular complexity index is 635. The van der Waals surface area contributed by atoms with Crippen LogP contribution in [0.3, 0.4) is 0 Å². The molecule has 0 saturated heterocycles. The maximum atomic E-state index is 11.7. The Labute approximate surface area is 117 Å². The molecule has 0 saturated carbocycles. The molecule has 0 aliphatic heterocycles. The molecule has 0 bridgehead atoms. The topological polar surface area (TPSA) is 79.4 Å². The zero-order valence-corrected chi connectivity index (χ0v) is 11.7. The first kappa shape index (κ1) is 13.9. The Kier molecular flexibility index (Phi) is 3.93. The summed E-state index contributed by atoms with van der Waals surface area (Å²) >= 11 is 0. The Balaban J connectivity index is 2.21. The summed E-state index contributed by atoms with van der Waals surface area (Å²) in [6, 6.07) is 6.80. The molecule has 0 unspecified atom stereocenters. The third-order valence-corrected chi connectivity index (χ3v) is 2.88. The van der Waals surface area contributed by atoms with Crippen molar-refractivity contribution in [3.8, 4) is 5.75 Å². The van der Waals surface area contributed by atoms with Crippen molar-refractivity contribution in [2.24, 2.45) is 7.05 Å². The summed E-state index contributed by atoms with van der Waals surface area (Å²) in [6.45, 7) is 2.22. The van der Waals surface area contributed by atoms with Crippen molar-refractivity contribution in [1.82, 2.24) is 9.78 Å². The minimum atomic E-state index is -0.478. The van der Waals surface area contributed by atoms with Gasteiger partial charge < -0.3 is 15.2 Å².